The Kier molecular flexibility index (Phi) is 4.55. The zero-order valence-electron chi connectivity index (χ0n) is 9.79. The summed E-state index contributed by atoms with van der Waals surface area (Å²) in [6.45, 7) is 7.71. The smallest absolute Gasteiger partial charge is 0.212 e. The summed E-state index contributed by atoms with van der Waals surface area (Å²) in [7, 11) is -3.09. The summed E-state index contributed by atoms with van der Waals surface area (Å²) in [6.07, 6.45) is 0.935. The van der Waals surface area contributed by atoms with Crippen molar-refractivity contribution in [3.8, 4) is 0 Å². The summed E-state index contributed by atoms with van der Waals surface area (Å²) in [5.74, 6) is 0.944. The van der Waals surface area contributed by atoms with E-state index < -0.39 is 10.0 Å². The Hall–Kier alpha value is -0.130. The highest BCUT2D eigenvalue weighted by Gasteiger charge is 2.23. The van der Waals surface area contributed by atoms with E-state index in [2.05, 4.69) is 17.0 Å². The van der Waals surface area contributed by atoms with Crippen LogP contribution in [0.4, 0.5) is 0 Å². The van der Waals surface area contributed by atoms with Gasteiger partial charge in [0.05, 0.1) is 5.75 Å². The molecule has 1 saturated heterocycles. The van der Waals surface area contributed by atoms with Crippen LogP contribution >= 0.6 is 0 Å². The first-order chi connectivity index (χ1) is 6.89. The van der Waals surface area contributed by atoms with E-state index in [1.165, 1.54) is 0 Å². The maximum Gasteiger partial charge on any atom is 0.212 e. The minimum absolute atomic E-state index is 0.0671. The zero-order chi connectivity index (χ0) is 11.5. The van der Waals surface area contributed by atoms with E-state index in [0.717, 1.165) is 19.5 Å². The molecule has 0 saturated carbocycles. The molecule has 0 aromatic heterocycles. The Labute approximate surface area is 92.9 Å². The summed E-state index contributed by atoms with van der Waals surface area (Å²) in [5.41, 5.74) is 0. The van der Waals surface area contributed by atoms with Crippen LogP contribution in [-0.4, -0.2) is 33.3 Å². The largest absolute Gasteiger partial charge is 0.315 e. The van der Waals surface area contributed by atoms with E-state index in [1.54, 1.807) is 0 Å². The molecule has 2 atom stereocenters. The topological polar surface area (TPSA) is 58.2 Å². The van der Waals surface area contributed by atoms with Crippen LogP contribution in [0.2, 0.25) is 0 Å². The highest BCUT2D eigenvalue weighted by atomic mass is 32.2. The van der Waals surface area contributed by atoms with Crippen LogP contribution < -0.4 is 10.0 Å². The molecule has 1 fully saturated rings. The number of sulfonamides is 1. The van der Waals surface area contributed by atoms with Gasteiger partial charge in [0.1, 0.15) is 0 Å². The monoisotopic (exact) mass is 234 g/mol. The van der Waals surface area contributed by atoms with Gasteiger partial charge in [-0.1, -0.05) is 20.8 Å². The van der Waals surface area contributed by atoms with Gasteiger partial charge in [0.2, 0.25) is 10.0 Å². The highest BCUT2D eigenvalue weighted by Crippen LogP contribution is 2.10. The number of hydrogen-bond acceptors (Lipinski definition) is 3. The molecule has 0 amide bonds. The fourth-order valence-corrected chi connectivity index (χ4v) is 3.65. The minimum Gasteiger partial charge on any atom is -0.315 e. The maximum atomic E-state index is 11.7. The van der Waals surface area contributed by atoms with Crippen LogP contribution in [0.1, 0.15) is 27.2 Å². The van der Waals surface area contributed by atoms with Crippen LogP contribution in [0.25, 0.3) is 0 Å². The van der Waals surface area contributed by atoms with Gasteiger partial charge >= 0.3 is 0 Å². The summed E-state index contributed by atoms with van der Waals surface area (Å²) in [6, 6.07) is 0.0671. The van der Waals surface area contributed by atoms with Crippen molar-refractivity contribution in [2.45, 2.75) is 33.2 Å². The lowest BCUT2D eigenvalue weighted by Crippen LogP contribution is -2.49. The van der Waals surface area contributed by atoms with Crippen molar-refractivity contribution in [1.29, 1.82) is 0 Å². The molecule has 0 spiro atoms. The first-order valence-corrected chi connectivity index (χ1v) is 7.25. The lowest BCUT2D eigenvalue weighted by molar-refractivity contribution is 0.346. The van der Waals surface area contributed by atoms with Crippen LogP contribution in [0, 0.1) is 11.8 Å². The van der Waals surface area contributed by atoms with Crippen molar-refractivity contribution in [3.05, 3.63) is 0 Å². The van der Waals surface area contributed by atoms with E-state index >= 15 is 0 Å². The molecule has 5 heteroatoms. The molecular weight excluding hydrogens is 212 g/mol. The van der Waals surface area contributed by atoms with Crippen molar-refractivity contribution in [1.82, 2.24) is 10.0 Å². The van der Waals surface area contributed by atoms with Gasteiger partial charge in [0.15, 0.2) is 0 Å². The molecule has 0 bridgehead atoms. The van der Waals surface area contributed by atoms with E-state index in [-0.39, 0.29) is 17.7 Å². The Balaban J connectivity index is 2.46. The first kappa shape index (κ1) is 12.9. The van der Waals surface area contributed by atoms with Crippen LogP contribution in [0.5, 0.6) is 0 Å². The van der Waals surface area contributed by atoms with Gasteiger partial charge in [-0.15, -0.1) is 0 Å². The molecule has 0 aromatic carbocycles. The summed E-state index contributed by atoms with van der Waals surface area (Å²) in [5, 5.41) is 3.23. The van der Waals surface area contributed by atoms with Gasteiger partial charge in [-0.05, 0) is 24.8 Å². The second-order valence-corrected chi connectivity index (χ2v) is 6.79. The van der Waals surface area contributed by atoms with Crippen LogP contribution in [-0.2, 0) is 10.0 Å². The Morgan fingerprint density at radius 3 is 2.60 bits per heavy atom. The standard InChI is InChI=1S/C10H22N2O2S/c1-8(2)7-15(13,14)12-10-4-9(3)5-11-6-10/h8-12H,4-7H2,1-3H3. The molecule has 1 heterocycles. The second kappa shape index (κ2) is 5.27. The number of rotatable bonds is 4. The first-order valence-electron chi connectivity index (χ1n) is 5.60. The van der Waals surface area contributed by atoms with Gasteiger partial charge in [-0.25, -0.2) is 13.1 Å². The third-order valence-corrected chi connectivity index (χ3v) is 4.27. The molecule has 1 aliphatic rings. The van der Waals surface area contributed by atoms with Crippen molar-refractivity contribution < 1.29 is 8.42 Å². The maximum absolute atomic E-state index is 11.7. The Morgan fingerprint density at radius 1 is 1.40 bits per heavy atom. The average molecular weight is 234 g/mol. The van der Waals surface area contributed by atoms with E-state index in [1.807, 2.05) is 13.8 Å². The van der Waals surface area contributed by atoms with Crippen LogP contribution in [0.3, 0.4) is 0 Å². The third kappa shape index (κ3) is 4.95. The number of piperidine rings is 1. The lowest BCUT2D eigenvalue weighted by Gasteiger charge is -2.28. The molecule has 90 valence electrons. The molecule has 1 rings (SSSR count). The molecule has 4 nitrogen and oxygen atoms in total. The van der Waals surface area contributed by atoms with Gasteiger partial charge in [-0.3, -0.25) is 0 Å². The molecule has 0 aliphatic carbocycles. The molecule has 15 heavy (non-hydrogen) atoms. The van der Waals surface area contributed by atoms with Crippen molar-refractivity contribution in [3.63, 3.8) is 0 Å². The average Bonchev–Trinajstić information content (AvgIpc) is 1.99. The second-order valence-electron chi connectivity index (χ2n) is 4.99. The molecule has 2 N–H and O–H groups in total. The third-order valence-electron chi connectivity index (χ3n) is 2.47. The fourth-order valence-electron chi connectivity index (χ4n) is 1.99. The van der Waals surface area contributed by atoms with Gasteiger partial charge < -0.3 is 5.32 Å². The van der Waals surface area contributed by atoms with E-state index in [0.29, 0.717) is 5.92 Å². The normalized spacial score (nSPS) is 28.3. The molecule has 0 radical (unpaired) electrons. The Bertz CT molecular complexity index is 288. The number of hydrogen-bond donors (Lipinski definition) is 2. The molecular formula is C10H22N2O2S. The zero-order valence-corrected chi connectivity index (χ0v) is 10.6. The summed E-state index contributed by atoms with van der Waals surface area (Å²) >= 11 is 0. The van der Waals surface area contributed by atoms with Crippen LogP contribution in [0.15, 0.2) is 0 Å². The molecule has 0 aromatic rings. The quantitative estimate of drug-likeness (QED) is 0.747. The van der Waals surface area contributed by atoms with Gasteiger partial charge in [-0.2, -0.15) is 0 Å². The summed E-state index contributed by atoms with van der Waals surface area (Å²) in [4.78, 5) is 0. The fraction of sp³-hybridized carbons (Fsp3) is 1.00. The Morgan fingerprint density at radius 2 is 2.07 bits per heavy atom. The van der Waals surface area contributed by atoms with E-state index in [4.69, 9.17) is 0 Å². The molecule has 2 unspecified atom stereocenters. The minimum atomic E-state index is -3.09. The SMILES string of the molecule is CC(C)CS(=O)(=O)NC1CNCC(C)C1. The van der Waals surface area contributed by atoms with Gasteiger partial charge in [0.25, 0.3) is 0 Å². The summed E-state index contributed by atoms with van der Waals surface area (Å²) < 4.78 is 26.1. The van der Waals surface area contributed by atoms with Crippen molar-refractivity contribution >= 4 is 10.0 Å². The lowest BCUT2D eigenvalue weighted by atomic mass is 9.99. The van der Waals surface area contributed by atoms with Crippen molar-refractivity contribution in [2.75, 3.05) is 18.8 Å². The molecule has 1 aliphatic heterocycles. The van der Waals surface area contributed by atoms with Gasteiger partial charge in [0, 0.05) is 12.6 Å². The van der Waals surface area contributed by atoms with E-state index in [9.17, 15) is 8.42 Å². The van der Waals surface area contributed by atoms with Crippen molar-refractivity contribution in [2.24, 2.45) is 11.8 Å². The number of nitrogens with one attached hydrogen (secondary N) is 2. The highest BCUT2D eigenvalue weighted by molar-refractivity contribution is 7.89. The predicted molar refractivity (Wildman–Crippen MR) is 62.2 cm³/mol. The predicted octanol–water partition coefficient (Wildman–Crippen LogP) is 0.560.